The molecule has 1 amide bonds. The maximum Gasteiger partial charge on any atom is 0.406 e. The van der Waals surface area contributed by atoms with E-state index in [9.17, 15) is 18.0 Å². The lowest BCUT2D eigenvalue weighted by Gasteiger charge is -2.12. The van der Waals surface area contributed by atoms with Crippen molar-refractivity contribution in [1.82, 2.24) is 4.57 Å². The molecule has 0 spiro atoms. The van der Waals surface area contributed by atoms with Gasteiger partial charge in [-0.3, -0.25) is 4.79 Å². The fourth-order valence-electron chi connectivity index (χ4n) is 1.71. The minimum absolute atomic E-state index is 0.0395. The van der Waals surface area contributed by atoms with E-state index < -0.39 is 18.6 Å². The summed E-state index contributed by atoms with van der Waals surface area (Å²) < 4.78 is 38.8. The van der Waals surface area contributed by atoms with E-state index in [0.29, 0.717) is 5.69 Å². The summed E-state index contributed by atoms with van der Waals surface area (Å²) in [6.07, 6.45) is -3.15. The van der Waals surface area contributed by atoms with Crippen molar-refractivity contribution in [3.63, 3.8) is 0 Å². The number of anilines is 1. The van der Waals surface area contributed by atoms with Crippen LogP contribution in [0.25, 0.3) is 0 Å². The highest BCUT2D eigenvalue weighted by Gasteiger charge is 2.29. The molecule has 106 valence electrons. The molecule has 1 aromatic heterocycles. The minimum Gasteiger partial charge on any atom is -0.334 e. The largest absolute Gasteiger partial charge is 0.406 e. The summed E-state index contributed by atoms with van der Waals surface area (Å²) in [5, 5.41) is 2.55. The predicted octanol–water partition coefficient (Wildman–Crippen LogP) is 4.07. The van der Waals surface area contributed by atoms with Gasteiger partial charge in [0.25, 0.3) is 5.91 Å². The fraction of sp³-hybridized carbons (Fsp3) is 0.154. The third kappa shape index (κ3) is 3.86. The number of rotatable bonds is 3. The van der Waals surface area contributed by atoms with Crippen LogP contribution in [0.3, 0.4) is 0 Å². The van der Waals surface area contributed by atoms with E-state index in [2.05, 4.69) is 21.2 Å². The molecule has 0 aliphatic carbocycles. The highest BCUT2D eigenvalue weighted by Crippen LogP contribution is 2.20. The Morgan fingerprint density at radius 1 is 1.25 bits per heavy atom. The number of benzene rings is 1. The monoisotopic (exact) mass is 346 g/mol. The summed E-state index contributed by atoms with van der Waals surface area (Å²) in [5.74, 6) is -0.586. The standard InChI is InChI=1S/C13H10BrF3N2O/c14-9-3-1-4-10(7-9)18-12(20)11-5-2-6-19(11)8-13(15,16)17/h1-7H,8H2,(H,18,20). The topological polar surface area (TPSA) is 34.0 Å². The van der Waals surface area contributed by atoms with Gasteiger partial charge in [-0.05, 0) is 30.3 Å². The van der Waals surface area contributed by atoms with E-state index in [0.717, 1.165) is 9.04 Å². The highest BCUT2D eigenvalue weighted by molar-refractivity contribution is 9.10. The summed E-state index contributed by atoms with van der Waals surface area (Å²) in [6, 6.07) is 9.56. The number of carbonyl (C=O) groups excluding carboxylic acids is 1. The molecule has 1 aromatic carbocycles. The number of nitrogens with one attached hydrogen (secondary N) is 1. The number of aromatic nitrogens is 1. The molecule has 0 bridgehead atoms. The molecule has 0 fully saturated rings. The Kier molecular flexibility index (Phi) is 4.17. The normalized spacial score (nSPS) is 11.4. The Labute approximate surface area is 121 Å². The molecule has 3 nitrogen and oxygen atoms in total. The van der Waals surface area contributed by atoms with Crippen molar-refractivity contribution in [3.05, 3.63) is 52.8 Å². The van der Waals surface area contributed by atoms with E-state index >= 15 is 0 Å². The zero-order valence-electron chi connectivity index (χ0n) is 10.1. The Bertz CT molecular complexity index is 622. The first-order chi connectivity index (χ1) is 9.35. The van der Waals surface area contributed by atoms with Gasteiger partial charge in [0.05, 0.1) is 0 Å². The van der Waals surface area contributed by atoms with Gasteiger partial charge in [0.2, 0.25) is 0 Å². The lowest BCUT2D eigenvalue weighted by atomic mass is 10.3. The molecule has 0 radical (unpaired) electrons. The number of carbonyl (C=O) groups is 1. The van der Waals surface area contributed by atoms with Crippen LogP contribution >= 0.6 is 15.9 Å². The van der Waals surface area contributed by atoms with Crippen LogP contribution in [0.2, 0.25) is 0 Å². The smallest absolute Gasteiger partial charge is 0.334 e. The number of alkyl halides is 3. The SMILES string of the molecule is O=C(Nc1cccc(Br)c1)c1cccn1CC(F)(F)F. The van der Waals surface area contributed by atoms with Gasteiger partial charge in [-0.15, -0.1) is 0 Å². The van der Waals surface area contributed by atoms with Crippen LogP contribution in [-0.2, 0) is 6.54 Å². The molecule has 0 aliphatic heterocycles. The van der Waals surface area contributed by atoms with Crippen LogP contribution in [0.15, 0.2) is 47.1 Å². The van der Waals surface area contributed by atoms with Crippen LogP contribution in [0.4, 0.5) is 18.9 Å². The summed E-state index contributed by atoms with van der Waals surface area (Å²) in [5.41, 5.74) is 0.464. The first kappa shape index (κ1) is 14.6. The molecule has 2 aromatic rings. The number of amides is 1. The first-order valence-electron chi connectivity index (χ1n) is 5.64. The van der Waals surface area contributed by atoms with Crippen molar-refractivity contribution in [2.75, 3.05) is 5.32 Å². The molecular formula is C13H10BrF3N2O. The number of hydrogen-bond donors (Lipinski definition) is 1. The molecule has 20 heavy (non-hydrogen) atoms. The molecule has 0 aliphatic rings. The molecule has 0 atom stereocenters. The molecule has 0 saturated carbocycles. The second-order valence-electron chi connectivity index (χ2n) is 4.10. The molecule has 7 heteroatoms. The Morgan fingerprint density at radius 2 is 2.00 bits per heavy atom. The van der Waals surface area contributed by atoms with E-state index in [4.69, 9.17) is 0 Å². The van der Waals surface area contributed by atoms with Crippen molar-refractivity contribution in [1.29, 1.82) is 0 Å². The van der Waals surface area contributed by atoms with Gasteiger partial charge in [0.15, 0.2) is 0 Å². The lowest BCUT2D eigenvalue weighted by Crippen LogP contribution is -2.23. The summed E-state index contributed by atoms with van der Waals surface area (Å²) in [6.45, 7) is -1.19. The molecule has 0 saturated heterocycles. The average Bonchev–Trinajstić information content (AvgIpc) is 2.74. The molecule has 1 heterocycles. The zero-order chi connectivity index (χ0) is 14.8. The fourth-order valence-corrected chi connectivity index (χ4v) is 2.11. The summed E-state index contributed by atoms with van der Waals surface area (Å²) in [7, 11) is 0. The van der Waals surface area contributed by atoms with Crippen LogP contribution < -0.4 is 5.32 Å². The summed E-state index contributed by atoms with van der Waals surface area (Å²) in [4.78, 5) is 12.0. The van der Waals surface area contributed by atoms with Crippen LogP contribution in [0.5, 0.6) is 0 Å². The highest BCUT2D eigenvalue weighted by atomic mass is 79.9. The van der Waals surface area contributed by atoms with Crippen LogP contribution in [0, 0.1) is 0 Å². The van der Waals surface area contributed by atoms with Gasteiger partial charge >= 0.3 is 6.18 Å². The second-order valence-corrected chi connectivity index (χ2v) is 5.02. The molecule has 1 N–H and O–H groups in total. The van der Waals surface area contributed by atoms with Gasteiger partial charge in [-0.25, -0.2) is 0 Å². The van der Waals surface area contributed by atoms with Crippen molar-refractivity contribution >= 4 is 27.5 Å². The van der Waals surface area contributed by atoms with Crippen LogP contribution in [-0.4, -0.2) is 16.7 Å². The van der Waals surface area contributed by atoms with E-state index in [1.807, 2.05) is 0 Å². The number of hydrogen-bond acceptors (Lipinski definition) is 1. The quantitative estimate of drug-likeness (QED) is 0.893. The Morgan fingerprint density at radius 3 is 2.65 bits per heavy atom. The maximum atomic E-state index is 12.4. The van der Waals surface area contributed by atoms with Gasteiger partial charge in [0, 0.05) is 16.4 Å². The molecule has 0 unspecified atom stereocenters. The van der Waals surface area contributed by atoms with Crippen molar-refractivity contribution in [2.45, 2.75) is 12.7 Å². The average molecular weight is 347 g/mol. The second kappa shape index (κ2) is 5.70. The zero-order valence-corrected chi connectivity index (χ0v) is 11.7. The van der Waals surface area contributed by atoms with Crippen molar-refractivity contribution < 1.29 is 18.0 Å². The predicted molar refractivity (Wildman–Crippen MR) is 72.6 cm³/mol. The maximum absolute atomic E-state index is 12.4. The lowest BCUT2D eigenvalue weighted by molar-refractivity contribution is -0.140. The Balaban J connectivity index is 2.16. The van der Waals surface area contributed by atoms with Crippen molar-refractivity contribution in [3.8, 4) is 0 Å². The van der Waals surface area contributed by atoms with Gasteiger partial charge in [-0.2, -0.15) is 13.2 Å². The van der Waals surface area contributed by atoms with Gasteiger partial charge < -0.3 is 9.88 Å². The first-order valence-corrected chi connectivity index (χ1v) is 6.43. The Hall–Kier alpha value is -1.76. The van der Waals surface area contributed by atoms with E-state index in [1.54, 1.807) is 24.3 Å². The molecular weight excluding hydrogens is 337 g/mol. The third-order valence-electron chi connectivity index (χ3n) is 2.49. The van der Waals surface area contributed by atoms with Gasteiger partial charge in [-0.1, -0.05) is 22.0 Å². The van der Waals surface area contributed by atoms with Gasteiger partial charge in [0.1, 0.15) is 12.2 Å². The van der Waals surface area contributed by atoms with E-state index in [1.165, 1.54) is 18.3 Å². The minimum atomic E-state index is -4.37. The molecule has 2 rings (SSSR count). The number of halogens is 4. The summed E-state index contributed by atoms with van der Waals surface area (Å²) >= 11 is 3.25. The number of nitrogens with zero attached hydrogens (tertiary/aromatic N) is 1. The van der Waals surface area contributed by atoms with Crippen molar-refractivity contribution in [2.24, 2.45) is 0 Å². The third-order valence-corrected chi connectivity index (χ3v) is 2.99. The van der Waals surface area contributed by atoms with Crippen LogP contribution in [0.1, 0.15) is 10.5 Å². The van der Waals surface area contributed by atoms with E-state index in [-0.39, 0.29) is 5.69 Å².